The first-order valence-electron chi connectivity index (χ1n) is 7.86. The van der Waals surface area contributed by atoms with Crippen LogP contribution in [0.15, 0.2) is 53.7 Å². The zero-order valence-electron chi connectivity index (χ0n) is 13.8. The van der Waals surface area contributed by atoms with Gasteiger partial charge in [-0.2, -0.15) is 0 Å². The van der Waals surface area contributed by atoms with Crippen LogP contribution in [0.3, 0.4) is 0 Å². The smallest absolute Gasteiger partial charge is 0.191 e. The van der Waals surface area contributed by atoms with E-state index in [2.05, 4.69) is 65.9 Å². The van der Waals surface area contributed by atoms with Crippen LogP contribution >= 0.6 is 11.8 Å². The van der Waals surface area contributed by atoms with E-state index in [-0.39, 0.29) is 0 Å². The summed E-state index contributed by atoms with van der Waals surface area (Å²) in [6.07, 6.45) is 0. The highest BCUT2D eigenvalue weighted by atomic mass is 32.2. The highest BCUT2D eigenvalue weighted by molar-refractivity contribution is 7.98. The summed E-state index contributed by atoms with van der Waals surface area (Å²) in [5.74, 6) is 1.86. The third kappa shape index (κ3) is 3.48. The molecule has 3 aromatic rings. The molecule has 0 saturated heterocycles. The average Bonchev–Trinajstić information content (AvgIpc) is 2.99. The lowest BCUT2D eigenvalue weighted by atomic mass is 10.1. The second-order valence-corrected chi connectivity index (χ2v) is 6.58. The molecule has 0 bridgehead atoms. The molecule has 3 nitrogen and oxygen atoms in total. The van der Waals surface area contributed by atoms with Crippen molar-refractivity contribution < 1.29 is 0 Å². The average molecular weight is 323 g/mol. The van der Waals surface area contributed by atoms with E-state index in [0.717, 1.165) is 28.8 Å². The quantitative estimate of drug-likeness (QED) is 0.627. The first-order chi connectivity index (χ1) is 11.2. The van der Waals surface area contributed by atoms with Crippen molar-refractivity contribution in [3.8, 4) is 11.4 Å². The molecule has 4 heteroatoms. The van der Waals surface area contributed by atoms with Crippen LogP contribution in [0.4, 0.5) is 0 Å². The molecular weight excluding hydrogens is 302 g/mol. The summed E-state index contributed by atoms with van der Waals surface area (Å²) in [6, 6.07) is 16.8. The lowest BCUT2D eigenvalue weighted by Crippen LogP contribution is -2.00. The van der Waals surface area contributed by atoms with E-state index in [4.69, 9.17) is 0 Å². The topological polar surface area (TPSA) is 30.7 Å². The van der Waals surface area contributed by atoms with E-state index in [1.165, 1.54) is 16.7 Å². The molecule has 0 radical (unpaired) electrons. The van der Waals surface area contributed by atoms with Crippen molar-refractivity contribution in [1.82, 2.24) is 14.8 Å². The predicted octanol–water partition coefficient (Wildman–Crippen LogP) is 4.87. The summed E-state index contributed by atoms with van der Waals surface area (Å²) in [4.78, 5) is 0. The van der Waals surface area contributed by atoms with Crippen molar-refractivity contribution >= 4 is 11.8 Å². The number of benzene rings is 2. The van der Waals surface area contributed by atoms with Gasteiger partial charge in [0.2, 0.25) is 0 Å². The van der Waals surface area contributed by atoms with Gasteiger partial charge in [0.05, 0.1) is 0 Å². The number of aromatic nitrogens is 3. The molecule has 0 N–H and O–H groups in total. The van der Waals surface area contributed by atoms with E-state index in [0.29, 0.717) is 0 Å². The maximum absolute atomic E-state index is 4.41. The minimum atomic E-state index is 0.867. The van der Waals surface area contributed by atoms with E-state index >= 15 is 0 Å². The Morgan fingerprint density at radius 3 is 2.52 bits per heavy atom. The van der Waals surface area contributed by atoms with Crippen molar-refractivity contribution in [2.45, 2.75) is 38.2 Å². The van der Waals surface area contributed by atoms with Gasteiger partial charge in [-0.05, 0) is 31.9 Å². The van der Waals surface area contributed by atoms with E-state index in [1.54, 1.807) is 11.8 Å². The Labute approximate surface area is 141 Å². The molecule has 0 atom stereocenters. The van der Waals surface area contributed by atoms with Crippen molar-refractivity contribution in [2.24, 2.45) is 0 Å². The molecule has 3 rings (SSSR count). The highest BCUT2D eigenvalue weighted by Crippen LogP contribution is 2.27. The van der Waals surface area contributed by atoms with Gasteiger partial charge in [-0.3, -0.25) is 0 Å². The largest absolute Gasteiger partial charge is 0.302 e. The molecule has 0 aliphatic heterocycles. The minimum absolute atomic E-state index is 0.867. The van der Waals surface area contributed by atoms with Crippen LogP contribution in [0.25, 0.3) is 11.4 Å². The van der Waals surface area contributed by atoms with Gasteiger partial charge in [-0.1, -0.05) is 65.9 Å². The summed E-state index contributed by atoms with van der Waals surface area (Å²) in [6.45, 7) is 7.30. The summed E-state index contributed by atoms with van der Waals surface area (Å²) >= 11 is 1.75. The number of hydrogen-bond donors (Lipinski definition) is 0. The van der Waals surface area contributed by atoms with Crippen LogP contribution in [0.2, 0.25) is 0 Å². The van der Waals surface area contributed by atoms with Crippen LogP contribution in [0.1, 0.15) is 23.6 Å². The normalized spacial score (nSPS) is 10.9. The first kappa shape index (κ1) is 15.8. The second-order valence-electron chi connectivity index (χ2n) is 5.64. The standard InChI is InChI=1S/C19H21N3S/c1-4-22-18(16-8-6-5-7-9-16)20-21-19(22)23-13-17-12-14(2)10-11-15(17)3/h5-12H,4,13H2,1-3H3. The molecule has 23 heavy (non-hydrogen) atoms. The van der Waals surface area contributed by atoms with Gasteiger partial charge in [0.1, 0.15) is 0 Å². The Hall–Kier alpha value is -2.07. The van der Waals surface area contributed by atoms with Gasteiger partial charge in [0, 0.05) is 17.9 Å². The molecule has 0 fully saturated rings. The lowest BCUT2D eigenvalue weighted by Gasteiger charge is -2.09. The first-order valence-corrected chi connectivity index (χ1v) is 8.85. The highest BCUT2D eigenvalue weighted by Gasteiger charge is 2.13. The Kier molecular flexibility index (Phi) is 4.82. The molecule has 0 unspecified atom stereocenters. The van der Waals surface area contributed by atoms with E-state index < -0.39 is 0 Å². The Balaban J connectivity index is 1.84. The molecule has 1 aromatic heterocycles. The number of hydrogen-bond acceptors (Lipinski definition) is 3. The molecule has 0 spiro atoms. The molecule has 2 aromatic carbocycles. The summed E-state index contributed by atoms with van der Waals surface area (Å²) in [5, 5.41) is 9.79. The van der Waals surface area contributed by atoms with Crippen LogP contribution in [0, 0.1) is 13.8 Å². The molecule has 1 heterocycles. The van der Waals surface area contributed by atoms with Gasteiger partial charge in [-0.15, -0.1) is 10.2 Å². The van der Waals surface area contributed by atoms with Crippen molar-refractivity contribution in [3.63, 3.8) is 0 Å². The van der Waals surface area contributed by atoms with Gasteiger partial charge < -0.3 is 4.57 Å². The van der Waals surface area contributed by atoms with Gasteiger partial charge in [0.15, 0.2) is 11.0 Å². The summed E-state index contributed by atoms with van der Waals surface area (Å²) in [5.41, 5.74) is 5.10. The van der Waals surface area contributed by atoms with Crippen LogP contribution < -0.4 is 0 Å². The third-order valence-electron chi connectivity index (χ3n) is 3.93. The van der Waals surface area contributed by atoms with Crippen LogP contribution in [-0.2, 0) is 12.3 Å². The molecule has 118 valence electrons. The Morgan fingerprint density at radius 1 is 1.00 bits per heavy atom. The number of rotatable bonds is 5. The molecule has 0 amide bonds. The fourth-order valence-corrected chi connectivity index (χ4v) is 3.64. The van der Waals surface area contributed by atoms with Crippen molar-refractivity contribution in [3.05, 3.63) is 65.2 Å². The zero-order valence-corrected chi connectivity index (χ0v) is 14.6. The zero-order chi connectivity index (χ0) is 16.2. The number of nitrogens with zero attached hydrogens (tertiary/aromatic N) is 3. The predicted molar refractivity (Wildman–Crippen MR) is 96.6 cm³/mol. The minimum Gasteiger partial charge on any atom is -0.302 e. The van der Waals surface area contributed by atoms with E-state index in [9.17, 15) is 0 Å². The van der Waals surface area contributed by atoms with E-state index in [1.807, 2.05) is 18.2 Å². The second kappa shape index (κ2) is 7.01. The summed E-state index contributed by atoms with van der Waals surface area (Å²) in [7, 11) is 0. The third-order valence-corrected chi connectivity index (χ3v) is 4.94. The summed E-state index contributed by atoms with van der Waals surface area (Å²) < 4.78 is 2.19. The number of thioether (sulfide) groups is 1. The molecule has 0 saturated carbocycles. The number of aryl methyl sites for hydroxylation is 2. The van der Waals surface area contributed by atoms with Gasteiger partial charge in [0.25, 0.3) is 0 Å². The fourth-order valence-electron chi connectivity index (χ4n) is 2.58. The Bertz CT molecular complexity index is 794. The van der Waals surface area contributed by atoms with Crippen LogP contribution in [0.5, 0.6) is 0 Å². The van der Waals surface area contributed by atoms with Crippen LogP contribution in [-0.4, -0.2) is 14.8 Å². The van der Waals surface area contributed by atoms with Crippen molar-refractivity contribution in [2.75, 3.05) is 0 Å². The Morgan fingerprint density at radius 2 is 1.78 bits per heavy atom. The fraction of sp³-hybridized carbons (Fsp3) is 0.263. The van der Waals surface area contributed by atoms with Gasteiger partial charge in [-0.25, -0.2) is 0 Å². The lowest BCUT2D eigenvalue weighted by molar-refractivity contribution is 0.687. The molecule has 0 aliphatic rings. The maximum Gasteiger partial charge on any atom is 0.191 e. The molecular formula is C19H21N3S. The monoisotopic (exact) mass is 323 g/mol. The maximum atomic E-state index is 4.41. The SMILES string of the molecule is CCn1c(SCc2cc(C)ccc2C)nnc1-c1ccccc1. The molecule has 0 aliphatic carbocycles. The van der Waals surface area contributed by atoms with Crippen molar-refractivity contribution in [1.29, 1.82) is 0 Å². The van der Waals surface area contributed by atoms with Gasteiger partial charge >= 0.3 is 0 Å².